The molecular formula is C27H28IN3O4. The van der Waals surface area contributed by atoms with Crippen LogP contribution in [-0.2, 0) is 4.79 Å². The summed E-state index contributed by atoms with van der Waals surface area (Å²) in [6, 6.07) is 16.7. The highest BCUT2D eigenvalue weighted by atomic mass is 127. The molecule has 182 valence electrons. The van der Waals surface area contributed by atoms with Crippen LogP contribution < -0.4 is 20.2 Å². The van der Waals surface area contributed by atoms with Gasteiger partial charge in [0.05, 0.1) is 16.4 Å². The van der Waals surface area contributed by atoms with E-state index in [1.165, 1.54) is 6.21 Å². The van der Waals surface area contributed by atoms with E-state index < -0.39 is 0 Å². The van der Waals surface area contributed by atoms with Gasteiger partial charge in [-0.2, -0.15) is 5.10 Å². The minimum atomic E-state index is -0.296. The largest absolute Gasteiger partial charge is 0.490 e. The van der Waals surface area contributed by atoms with E-state index in [2.05, 4.69) is 38.4 Å². The number of carbonyl (C=O) groups excluding carboxylic acids is 2. The van der Waals surface area contributed by atoms with Gasteiger partial charge in [0.15, 0.2) is 18.1 Å². The summed E-state index contributed by atoms with van der Waals surface area (Å²) in [7, 11) is 0. The summed E-state index contributed by atoms with van der Waals surface area (Å²) in [5.41, 5.74) is 7.72. The molecule has 3 aromatic carbocycles. The molecule has 0 aromatic heterocycles. The Morgan fingerprint density at radius 2 is 1.69 bits per heavy atom. The van der Waals surface area contributed by atoms with Crippen LogP contribution in [0.4, 0.5) is 5.69 Å². The van der Waals surface area contributed by atoms with Crippen molar-refractivity contribution in [3.05, 3.63) is 86.0 Å². The lowest BCUT2D eigenvalue weighted by atomic mass is 10.1. The molecule has 0 fully saturated rings. The van der Waals surface area contributed by atoms with Gasteiger partial charge in [-0.1, -0.05) is 35.4 Å². The molecule has 0 aliphatic carbocycles. The Balaban J connectivity index is 1.66. The standard InChI is InChI=1S/C27H28IN3O4/c1-5-34-24-14-20(15-29-31-27(33)21-9-6-17(2)7-10-21)13-22(28)26(24)35-16-25(32)30-23-11-8-18(3)12-19(23)4/h6-15H,5,16H2,1-4H3,(H,30,32)(H,31,33)/b29-15+. The molecule has 0 aliphatic rings. The van der Waals surface area contributed by atoms with Crippen molar-refractivity contribution in [1.82, 2.24) is 5.43 Å². The third kappa shape index (κ3) is 7.54. The lowest BCUT2D eigenvalue weighted by Gasteiger charge is -2.15. The lowest BCUT2D eigenvalue weighted by Crippen LogP contribution is -2.21. The van der Waals surface area contributed by atoms with Crippen LogP contribution in [0.2, 0.25) is 0 Å². The Bertz CT molecular complexity index is 1240. The lowest BCUT2D eigenvalue weighted by molar-refractivity contribution is -0.118. The van der Waals surface area contributed by atoms with E-state index in [4.69, 9.17) is 9.47 Å². The summed E-state index contributed by atoms with van der Waals surface area (Å²) < 4.78 is 12.3. The van der Waals surface area contributed by atoms with Crippen LogP contribution in [0.1, 0.15) is 39.5 Å². The quantitative estimate of drug-likeness (QED) is 0.200. The highest BCUT2D eigenvalue weighted by molar-refractivity contribution is 14.1. The first-order valence-electron chi connectivity index (χ1n) is 11.1. The molecule has 0 bridgehead atoms. The highest BCUT2D eigenvalue weighted by Gasteiger charge is 2.14. The van der Waals surface area contributed by atoms with Gasteiger partial charge in [0.1, 0.15) is 0 Å². The van der Waals surface area contributed by atoms with E-state index in [1.807, 2.05) is 64.1 Å². The molecule has 0 unspecified atom stereocenters. The van der Waals surface area contributed by atoms with Crippen LogP contribution in [0.5, 0.6) is 11.5 Å². The molecule has 0 saturated heterocycles. The zero-order valence-corrected chi connectivity index (χ0v) is 22.3. The first kappa shape index (κ1) is 26.2. The number of rotatable bonds is 9. The maximum atomic E-state index is 12.5. The van der Waals surface area contributed by atoms with E-state index in [1.54, 1.807) is 18.2 Å². The molecule has 2 N–H and O–H groups in total. The van der Waals surface area contributed by atoms with Crippen molar-refractivity contribution >= 4 is 46.3 Å². The summed E-state index contributed by atoms with van der Waals surface area (Å²) in [6.07, 6.45) is 1.54. The van der Waals surface area contributed by atoms with Crippen molar-refractivity contribution in [3.8, 4) is 11.5 Å². The van der Waals surface area contributed by atoms with E-state index in [0.717, 1.165) is 25.9 Å². The maximum absolute atomic E-state index is 12.5. The fraction of sp³-hybridized carbons (Fsp3) is 0.222. The van der Waals surface area contributed by atoms with Crippen LogP contribution in [0.3, 0.4) is 0 Å². The van der Waals surface area contributed by atoms with Crippen LogP contribution in [0, 0.1) is 24.3 Å². The topological polar surface area (TPSA) is 89.0 Å². The van der Waals surface area contributed by atoms with Gasteiger partial charge in [0.25, 0.3) is 11.8 Å². The normalized spacial score (nSPS) is 10.8. The number of nitrogens with one attached hydrogen (secondary N) is 2. The number of benzene rings is 3. The second-order valence-corrected chi connectivity index (χ2v) is 9.15. The number of carbonyl (C=O) groups is 2. The van der Waals surface area contributed by atoms with Crippen molar-refractivity contribution in [1.29, 1.82) is 0 Å². The smallest absolute Gasteiger partial charge is 0.271 e. The van der Waals surface area contributed by atoms with Gasteiger partial charge in [-0.3, -0.25) is 9.59 Å². The van der Waals surface area contributed by atoms with Gasteiger partial charge < -0.3 is 14.8 Å². The summed E-state index contributed by atoms with van der Waals surface area (Å²) >= 11 is 2.12. The fourth-order valence-electron chi connectivity index (χ4n) is 3.28. The van der Waals surface area contributed by atoms with E-state index >= 15 is 0 Å². The van der Waals surface area contributed by atoms with Crippen molar-refractivity contribution in [2.24, 2.45) is 5.10 Å². The first-order chi connectivity index (χ1) is 16.8. The van der Waals surface area contributed by atoms with E-state index in [9.17, 15) is 9.59 Å². The molecule has 2 amide bonds. The number of hydrogen-bond acceptors (Lipinski definition) is 5. The number of anilines is 1. The molecule has 8 heteroatoms. The Morgan fingerprint density at radius 3 is 2.37 bits per heavy atom. The number of ether oxygens (including phenoxy) is 2. The molecule has 35 heavy (non-hydrogen) atoms. The third-order valence-electron chi connectivity index (χ3n) is 5.03. The molecule has 3 aromatic rings. The monoisotopic (exact) mass is 585 g/mol. The number of amides is 2. The van der Waals surface area contributed by atoms with E-state index in [-0.39, 0.29) is 18.4 Å². The van der Waals surface area contributed by atoms with Crippen molar-refractivity contribution in [2.75, 3.05) is 18.5 Å². The Kier molecular flexibility index (Phi) is 9.25. The van der Waals surface area contributed by atoms with Gasteiger partial charge in [0, 0.05) is 11.3 Å². The molecular weight excluding hydrogens is 557 g/mol. The van der Waals surface area contributed by atoms with E-state index in [0.29, 0.717) is 29.2 Å². The predicted molar refractivity (Wildman–Crippen MR) is 147 cm³/mol. The maximum Gasteiger partial charge on any atom is 0.271 e. The average molecular weight is 585 g/mol. The van der Waals surface area contributed by atoms with Gasteiger partial charge in [0.2, 0.25) is 0 Å². The van der Waals surface area contributed by atoms with Crippen LogP contribution in [0.25, 0.3) is 0 Å². The number of nitrogens with zero attached hydrogens (tertiary/aromatic N) is 1. The van der Waals surface area contributed by atoms with Gasteiger partial charge in [-0.15, -0.1) is 0 Å². The first-order valence-corrected chi connectivity index (χ1v) is 12.2. The van der Waals surface area contributed by atoms with Gasteiger partial charge >= 0.3 is 0 Å². The van der Waals surface area contributed by atoms with Gasteiger partial charge in [-0.25, -0.2) is 5.43 Å². The van der Waals surface area contributed by atoms with Gasteiger partial charge in [-0.05, 0) is 91.7 Å². The Hall–Kier alpha value is -3.40. The number of hydrogen-bond donors (Lipinski definition) is 2. The van der Waals surface area contributed by atoms with Crippen LogP contribution >= 0.6 is 22.6 Å². The molecule has 3 rings (SSSR count). The Labute approximate surface area is 219 Å². The second kappa shape index (κ2) is 12.3. The minimum Gasteiger partial charge on any atom is -0.490 e. The predicted octanol–water partition coefficient (Wildman–Crippen LogP) is 5.40. The molecule has 0 radical (unpaired) electrons. The zero-order chi connectivity index (χ0) is 25.4. The fourth-order valence-corrected chi connectivity index (χ4v) is 4.06. The molecule has 0 spiro atoms. The minimum absolute atomic E-state index is 0.163. The van der Waals surface area contributed by atoms with Crippen LogP contribution in [0.15, 0.2) is 59.7 Å². The Morgan fingerprint density at radius 1 is 0.971 bits per heavy atom. The zero-order valence-electron chi connectivity index (χ0n) is 20.1. The summed E-state index contributed by atoms with van der Waals surface area (Å²) in [5.74, 6) is 0.407. The molecule has 7 nitrogen and oxygen atoms in total. The second-order valence-electron chi connectivity index (χ2n) is 7.98. The van der Waals surface area contributed by atoms with Crippen molar-refractivity contribution in [3.63, 3.8) is 0 Å². The molecule has 0 aliphatic heterocycles. The van der Waals surface area contributed by atoms with Crippen molar-refractivity contribution < 1.29 is 19.1 Å². The summed E-state index contributed by atoms with van der Waals surface area (Å²) in [6.45, 7) is 8.04. The summed E-state index contributed by atoms with van der Waals surface area (Å²) in [5, 5.41) is 6.94. The molecule has 0 saturated carbocycles. The van der Waals surface area contributed by atoms with Crippen LogP contribution in [-0.4, -0.2) is 31.2 Å². The SMILES string of the molecule is CCOc1cc(/C=N/NC(=O)c2ccc(C)cc2)cc(I)c1OCC(=O)Nc1ccc(C)cc1C. The summed E-state index contributed by atoms with van der Waals surface area (Å²) in [4.78, 5) is 24.7. The number of hydrazone groups is 1. The molecule has 0 atom stereocenters. The molecule has 0 heterocycles. The van der Waals surface area contributed by atoms with Crippen molar-refractivity contribution in [2.45, 2.75) is 27.7 Å². The third-order valence-corrected chi connectivity index (χ3v) is 5.83. The highest BCUT2D eigenvalue weighted by Crippen LogP contribution is 2.34. The number of aryl methyl sites for hydroxylation is 3. The number of halogens is 1. The average Bonchev–Trinajstić information content (AvgIpc) is 2.81.